The summed E-state index contributed by atoms with van der Waals surface area (Å²) in [6.45, 7) is 7.77. The van der Waals surface area contributed by atoms with Gasteiger partial charge in [0, 0.05) is 23.6 Å². The molecule has 0 spiro atoms. The standard InChI is InChI=1S/C8H15NS2/c1-8(2,3)9-4-5-11-6-7(9)10/h4-6H2,1-3H3. The van der Waals surface area contributed by atoms with Crippen molar-refractivity contribution in [1.29, 1.82) is 0 Å². The third kappa shape index (κ3) is 2.34. The predicted molar refractivity (Wildman–Crippen MR) is 56.4 cm³/mol. The van der Waals surface area contributed by atoms with Crippen molar-refractivity contribution in [3.05, 3.63) is 0 Å². The van der Waals surface area contributed by atoms with E-state index in [1.165, 1.54) is 5.75 Å². The van der Waals surface area contributed by atoms with E-state index in [0.29, 0.717) is 0 Å². The lowest BCUT2D eigenvalue weighted by atomic mass is 10.1. The van der Waals surface area contributed by atoms with E-state index in [9.17, 15) is 0 Å². The normalized spacial score (nSPS) is 20.6. The van der Waals surface area contributed by atoms with Crippen LogP contribution in [0.1, 0.15) is 20.8 Å². The Kier molecular flexibility index (Phi) is 2.81. The molecule has 3 heteroatoms. The zero-order chi connectivity index (χ0) is 8.48. The van der Waals surface area contributed by atoms with E-state index in [1.807, 2.05) is 11.8 Å². The minimum atomic E-state index is 0.220. The maximum absolute atomic E-state index is 5.28. The van der Waals surface area contributed by atoms with Crippen LogP contribution in [-0.4, -0.2) is 33.5 Å². The van der Waals surface area contributed by atoms with Crippen LogP contribution in [0.15, 0.2) is 0 Å². The molecule has 0 radical (unpaired) electrons. The summed E-state index contributed by atoms with van der Waals surface area (Å²) in [6, 6.07) is 0. The number of thiocarbonyl (C=S) groups is 1. The average Bonchev–Trinajstić information content (AvgIpc) is 1.86. The Morgan fingerprint density at radius 1 is 1.45 bits per heavy atom. The topological polar surface area (TPSA) is 3.24 Å². The van der Waals surface area contributed by atoms with Gasteiger partial charge in [-0.3, -0.25) is 0 Å². The highest BCUT2D eigenvalue weighted by atomic mass is 32.2. The monoisotopic (exact) mass is 189 g/mol. The summed E-state index contributed by atoms with van der Waals surface area (Å²) >= 11 is 7.22. The van der Waals surface area contributed by atoms with Crippen LogP contribution in [0.4, 0.5) is 0 Å². The third-order valence-corrected chi connectivity index (χ3v) is 3.29. The zero-order valence-corrected chi connectivity index (χ0v) is 9.02. The first-order valence-electron chi connectivity index (χ1n) is 3.90. The van der Waals surface area contributed by atoms with Gasteiger partial charge in [-0.15, -0.1) is 0 Å². The molecule has 1 aliphatic heterocycles. The quantitative estimate of drug-likeness (QED) is 0.538. The molecule has 0 aromatic rings. The second kappa shape index (κ2) is 3.31. The molecular formula is C8H15NS2. The molecule has 64 valence electrons. The lowest BCUT2D eigenvalue weighted by Crippen LogP contribution is -2.48. The Bertz CT molecular complexity index is 160. The van der Waals surface area contributed by atoms with Crippen molar-refractivity contribution in [2.24, 2.45) is 0 Å². The first-order valence-corrected chi connectivity index (χ1v) is 5.46. The van der Waals surface area contributed by atoms with Crippen LogP contribution in [0.25, 0.3) is 0 Å². The van der Waals surface area contributed by atoms with Crippen LogP contribution >= 0.6 is 24.0 Å². The summed E-state index contributed by atoms with van der Waals surface area (Å²) in [6.07, 6.45) is 0. The van der Waals surface area contributed by atoms with Crippen LogP contribution in [-0.2, 0) is 0 Å². The molecule has 1 nitrogen and oxygen atoms in total. The minimum absolute atomic E-state index is 0.220. The molecule has 1 saturated heterocycles. The van der Waals surface area contributed by atoms with Gasteiger partial charge in [0.25, 0.3) is 0 Å². The molecule has 0 aromatic heterocycles. The highest BCUT2D eigenvalue weighted by Crippen LogP contribution is 2.21. The Balaban J connectivity index is 2.62. The van der Waals surface area contributed by atoms with E-state index in [0.717, 1.165) is 17.3 Å². The molecule has 0 N–H and O–H groups in total. The van der Waals surface area contributed by atoms with Crippen LogP contribution in [0, 0.1) is 0 Å². The highest BCUT2D eigenvalue weighted by Gasteiger charge is 2.25. The SMILES string of the molecule is CC(C)(C)N1CCSCC1=S. The number of thioether (sulfide) groups is 1. The average molecular weight is 189 g/mol. The van der Waals surface area contributed by atoms with Crippen molar-refractivity contribution in [3.63, 3.8) is 0 Å². The van der Waals surface area contributed by atoms with E-state index in [1.54, 1.807) is 0 Å². The van der Waals surface area contributed by atoms with Gasteiger partial charge in [0.2, 0.25) is 0 Å². The van der Waals surface area contributed by atoms with Gasteiger partial charge in [0.05, 0.1) is 4.99 Å². The van der Waals surface area contributed by atoms with Crippen molar-refractivity contribution in [2.45, 2.75) is 26.3 Å². The third-order valence-electron chi connectivity index (χ3n) is 1.80. The summed E-state index contributed by atoms with van der Waals surface area (Å²) in [5.74, 6) is 2.25. The highest BCUT2D eigenvalue weighted by molar-refractivity contribution is 8.01. The van der Waals surface area contributed by atoms with Gasteiger partial charge in [-0.25, -0.2) is 0 Å². The van der Waals surface area contributed by atoms with Crippen LogP contribution in [0.2, 0.25) is 0 Å². The van der Waals surface area contributed by atoms with Gasteiger partial charge in [-0.2, -0.15) is 11.8 Å². The molecule has 11 heavy (non-hydrogen) atoms. The maximum Gasteiger partial charge on any atom is 0.0884 e. The fraction of sp³-hybridized carbons (Fsp3) is 0.875. The molecule has 1 heterocycles. The van der Waals surface area contributed by atoms with E-state index in [-0.39, 0.29) is 5.54 Å². The lowest BCUT2D eigenvalue weighted by Gasteiger charge is -2.40. The molecule has 1 aliphatic rings. The molecule has 1 rings (SSSR count). The van der Waals surface area contributed by atoms with Crippen molar-refractivity contribution >= 4 is 29.0 Å². The molecule has 0 saturated carbocycles. The first kappa shape index (κ1) is 9.33. The molecule has 0 unspecified atom stereocenters. The molecule has 0 aliphatic carbocycles. The molecular weight excluding hydrogens is 174 g/mol. The Labute approximate surface area is 78.5 Å². The predicted octanol–water partition coefficient (Wildman–Crippen LogP) is 2.16. The van der Waals surface area contributed by atoms with E-state index >= 15 is 0 Å². The fourth-order valence-corrected chi connectivity index (χ4v) is 2.63. The second-order valence-electron chi connectivity index (χ2n) is 3.77. The van der Waals surface area contributed by atoms with Gasteiger partial charge in [0.15, 0.2) is 0 Å². The van der Waals surface area contributed by atoms with Crippen molar-refractivity contribution in [3.8, 4) is 0 Å². The summed E-state index contributed by atoms with van der Waals surface area (Å²) in [4.78, 5) is 3.45. The van der Waals surface area contributed by atoms with Crippen LogP contribution < -0.4 is 0 Å². The maximum atomic E-state index is 5.28. The largest absolute Gasteiger partial charge is 0.360 e. The Morgan fingerprint density at radius 2 is 2.09 bits per heavy atom. The Hall–Kier alpha value is 0.240. The zero-order valence-electron chi connectivity index (χ0n) is 7.39. The van der Waals surface area contributed by atoms with Crippen LogP contribution in [0.3, 0.4) is 0 Å². The summed E-state index contributed by atoms with van der Waals surface area (Å²) in [5, 5.41) is 0. The van der Waals surface area contributed by atoms with Gasteiger partial charge in [-0.1, -0.05) is 12.2 Å². The molecule has 0 amide bonds. The Morgan fingerprint density at radius 3 is 2.45 bits per heavy atom. The van der Waals surface area contributed by atoms with E-state index in [2.05, 4.69) is 25.7 Å². The van der Waals surface area contributed by atoms with E-state index < -0.39 is 0 Å². The minimum Gasteiger partial charge on any atom is -0.360 e. The summed E-state index contributed by atoms with van der Waals surface area (Å²) < 4.78 is 0. The number of hydrogen-bond donors (Lipinski definition) is 0. The molecule has 0 aromatic carbocycles. The molecule has 0 atom stereocenters. The van der Waals surface area contributed by atoms with Crippen molar-refractivity contribution in [1.82, 2.24) is 4.90 Å². The molecule has 1 fully saturated rings. The van der Waals surface area contributed by atoms with Gasteiger partial charge in [0.1, 0.15) is 0 Å². The number of rotatable bonds is 0. The molecule has 0 bridgehead atoms. The van der Waals surface area contributed by atoms with Crippen LogP contribution in [0.5, 0.6) is 0 Å². The van der Waals surface area contributed by atoms with Gasteiger partial charge < -0.3 is 4.90 Å². The van der Waals surface area contributed by atoms with Crippen molar-refractivity contribution < 1.29 is 0 Å². The number of nitrogens with zero attached hydrogens (tertiary/aromatic N) is 1. The smallest absolute Gasteiger partial charge is 0.0884 e. The fourth-order valence-electron chi connectivity index (χ4n) is 1.23. The first-order chi connectivity index (χ1) is 5.02. The van der Waals surface area contributed by atoms with Crippen molar-refractivity contribution in [2.75, 3.05) is 18.1 Å². The summed E-state index contributed by atoms with van der Waals surface area (Å²) in [7, 11) is 0. The second-order valence-corrected chi connectivity index (χ2v) is 5.35. The number of hydrogen-bond acceptors (Lipinski definition) is 2. The van der Waals surface area contributed by atoms with Gasteiger partial charge >= 0.3 is 0 Å². The lowest BCUT2D eigenvalue weighted by molar-refractivity contribution is 0.251. The summed E-state index contributed by atoms with van der Waals surface area (Å²) in [5.41, 5.74) is 0.220. The van der Waals surface area contributed by atoms with E-state index in [4.69, 9.17) is 12.2 Å². The van der Waals surface area contributed by atoms with Gasteiger partial charge in [-0.05, 0) is 20.8 Å².